The van der Waals surface area contributed by atoms with Crippen molar-refractivity contribution in [2.75, 3.05) is 13.2 Å². The lowest BCUT2D eigenvalue weighted by atomic mass is 10.1. The van der Waals surface area contributed by atoms with Crippen molar-refractivity contribution in [3.63, 3.8) is 0 Å². The van der Waals surface area contributed by atoms with Crippen LogP contribution in [0.15, 0.2) is 47.4 Å². The minimum absolute atomic E-state index is 0.115. The Morgan fingerprint density at radius 2 is 2.00 bits per heavy atom. The lowest BCUT2D eigenvalue weighted by Crippen LogP contribution is -2.13. The fraction of sp³-hybridized carbons (Fsp3) is 0.200. The molecule has 0 amide bonds. The number of ether oxygens (including phenoxy) is 2. The molecule has 6 heteroatoms. The molecule has 5 nitrogen and oxygen atoms in total. The summed E-state index contributed by atoms with van der Waals surface area (Å²) >= 11 is 6.37. The monoisotopic (exact) mass is 366 g/mol. The van der Waals surface area contributed by atoms with Gasteiger partial charge in [0.05, 0.1) is 23.8 Å². The summed E-state index contributed by atoms with van der Waals surface area (Å²) in [5.41, 5.74) is 1.52. The molecule has 0 N–H and O–H groups in total. The zero-order valence-corrected chi connectivity index (χ0v) is 14.6. The summed E-state index contributed by atoms with van der Waals surface area (Å²) in [5, 5.41) is 10.3. The van der Waals surface area contributed by atoms with Crippen LogP contribution in [0.25, 0.3) is 10.9 Å². The number of halogens is 1. The molecule has 1 aliphatic heterocycles. The molecule has 0 aliphatic carbocycles. The third kappa shape index (κ3) is 2.89. The van der Waals surface area contributed by atoms with Gasteiger partial charge in [0.2, 0.25) is 5.43 Å². The molecule has 0 saturated heterocycles. The first-order valence-corrected chi connectivity index (χ1v) is 8.65. The van der Waals surface area contributed by atoms with Gasteiger partial charge in [-0.15, -0.1) is 0 Å². The molecule has 26 heavy (non-hydrogen) atoms. The molecular weight excluding hydrogens is 352 g/mol. The first-order chi connectivity index (χ1) is 12.7. The van der Waals surface area contributed by atoms with Crippen LogP contribution >= 0.6 is 11.6 Å². The largest absolute Gasteiger partial charge is 0.489 e. The minimum atomic E-state index is -0.254. The highest BCUT2D eigenvalue weighted by Crippen LogP contribution is 2.38. The van der Waals surface area contributed by atoms with Gasteiger partial charge in [-0.05, 0) is 29.8 Å². The maximum Gasteiger partial charge on any atom is 0.207 e. The van der Waals surface area contributed by atoms with E-state index in [4.69, 9.17) is 21.1 Å². The van der Waals surface area contributed by atoms with Crippen molar-refractivity contribution in [3.05, 3.63) is 69.0 Å². The Hall–Kier alpha value is -2.97. The number of nitriles is 1. The minimum Gasteiger partial charge on any atom is -0.489 e. The van der Waals surface area contributed by atoms with E-state index in [2.05, 4.69) is 0 Å². The van der Waals surface area contributed by atoms with Gasteiger partial charge in [-0.25, -0.2) is 0 Å². The summed E-state index contributed by atoms with van der Waals surface area (Å²) in [6, 6.07) is 13.0. The standard InChI is InChI=1S/C20H15ClN2O3/c21-16-8-13(9-18-20(16)26-7-3-6-25-18)11-23-12-14(10-22)19(24)15-4-1-2-5-17(15)23/h1-2,4-5,8-9,12H,3,6-7,11H2. The Morgan fingerprint density at radius 3 is 2.85 bits per heavy atom. The molecule has 2 heterocycles. The Kier molecular flexibility index (Phi) is 4.27. The van der Waals surface area contributed by atoms with Crippen molar-refractivity contribution in [3.8, 4) is 17.6 Å². The first kappa shape index (κ1) is 16.5. The van der Waals surface area contributed by atoms with E-state index in [9.17, 15) is 10.1 Å². The van der Waals surface area contributed by atoms with E-state index in [0.29, 0.717) is 41.7 Å². The van der Waals surface area contributed by atoms with Gasteiger partial charge < -0.3 is 14.0 Å². The molecule has 0 atom stereocenters. The van der Waals surface area contributed by atoms with Gasteiger partial charge >= 0.3 is 0 Å². The summed E-state index contributed by atoms with van der Waals surface area (Å²) in [4.78, 5) is 12.4. The fourth-order valence-corrected chi connectivity index (χ4v) is 3.42. The SMILES string of the molecule is N#Cc1cn(Cc2cc(Cl)c3c(c2)OCCCO3)c2ccccc2c1=O. The van der Waals surface area contributed by atoms with Crippen molar-refractivity contribution in [1.82, 2.24) is 4.57 Å². The molecule has 0 radical (unpaired) electrons. The van der Waals surface area contributed by atoms with Gasteiger partial charge in [-0.3, -0.25) is 4.79 Å². The number of aromatic nitrogens is 1. The molecule has 0 fully saturated rings. The summed E-state index contributed by atoms with van der Waals surface area (Å²) in [6.07, 6.45) is 2.39. The van der Waals surface area contributed by atoms with Crippen LogP contribution in [0.4, 0.5) is 0 Å². The van der Waals surface area contributed by atoms with Gasteiger partial charge in [0.1, 0.15) is 11.6 Å². The average Bonchev–Trinajstić information content (AvgIpc) is 2.90. The van der Waals surface area contributed by atoms with Crippen molar-refractivity contribution in [2.24, 2.45) is 0 Å². The van der Waals surface area contributed by atoms with Gasteiger partial charge in [-0.1, -0.05) is 23.7 Å². The fourth-order valence-electron chi connectivity index (χ4n) is 3.13. The van der Waals surface area contributed by atoms with Crippen molar-refractivity contribution < 1.29 is 9.47 Å². The lowest BCUT2D eigenvalue weighted by Gasteiger charge is -2.15. The van der Waals surface area contributed by atoms with E-state index in [-0.39, 0.29) is 11.0 Å². The maximum absolute atomic E-state index is 12.4. The molecule has 1 aliphatic rings. The van der Waals surface area contributed by atoms with E-state index in [1.54, 1.807) is 18.3 Å². The Balaban J connectivity index is 1.82. The van der Waals surface area contributed by atoms with Gasteiger partial charge in [0, 0.05) is 24.5 Å². The number of para-hydroxylation sites is 1. The summed E-state index contributed by atoms with van der Waals surface area (Å²) in [5.74, 6) is 1.19. The van der Waals surface area contributed by atoms with Crippen LogP contribution in [0.5, 0.6) is 11.5 Å². The molecular formula is C20H15ClN2O3. The number of hydrogen-bond donors (Lipinski definition) is 0. The van der Waals surface area contributed by atoms with E-state index in [1.807, 2.05) is 34.9 Å². The maximum atomic E-state index is 12.4. The predicted molar refractivity (Wildman–Crippen MR) is 99.1 cm³/mol. The second-order valence-electron chi connectivity index (χ2n) is 6.08. The van der Waals surface area contributed by atoms with E-state index in [1.165, 1.54) is 0 Å². The van der Waals surface area contributed by atoms with Crippen LogP contribution in [-0.4, -0.2) is 17.8 Å². The number of pyridine rings is 1. The molecule has 3 aromatic rings. The molecule has 0 spiro atoms. The van der Waals surface area contributed by atoms with E-state index >= 15 is 0 Å². The smallest absolute Gasteiger partial charge is 0.207 e. The summed E-state index contributed by atoms with van der Waals surface area (Å²) in [7, 11) is 0. The second kappa shape index (κ2) is 6.74. The highest BCUT2D eigenvalue weighted by atomic mass is 35.5. The van der Waals surface area contributed by atoms with E-state index in [0.717, 1.165) is 17.5 Å². The molecule has 1 aromatic heterocycles. The highest BCUT2D eigenvalue weighted by molar-refractivity contribution is 6.32. The molecule has 130 valence electrons. The summed E-state index contributed by atoms with van der Waals surface area (Å²) in [6.45, 7) is 1.60. The third-order valence-corrected chi connectivity index (χ3v) is 4.60. The Bertz CT molecular complexity index is 1100. The average molecular weight is 367 g/mol. The molecule has 2 aromatic carbocycles. The van der Waals surface area contributed by atoms with Gasteiger partial charge in [-0.2, -0.15) is 5.26 Å². The topological polar surface area (TPSA) is 64.2 Å². The number of rotatable bonds is 2. The predicted octanol–water partition coefficient (Wildman–Crippen LogP) is 3.74. The third-order valence-electron chi connectivity index (χ3n) is 4.32. The first-order valence-electron chi connectivity index (χ1n) is 8.27. The van der Waals surface area contributed by atoms with Crippen LogP contribution in [0.2, 0.25) is 5.02 Å². The van der Waals surface area contributed by atoms with Gasteiger partial charge in [0.25, 0.3) is 0 Å². The van der Waals surface area contributed by atoms with Crippen LogP contribution in [0.3, 0.4) is 0 Å². The van der Waals surface area contributed by atoms with Crippen LogP contribution < -0.4 is 14.9 Å². The molecule has 0 unspecified atom stereocenters. The van der Waals surface area contributed by atoms with Crippen molar-refractivity contribution in [2.45, 2.75) is 13.0 Å². The van der Waals surface area contributed by atoms with E-state index < -0.39 is 0 Å². The van der Waals surface area contributed by atoms with Crippen LogP contribution in [0.1, 0.15) is 17.5 Å². The van der Waals surface area contributed by atoms with Crippen LogP contribution in [0, 0.1) is 11.3 Å². The molecule has 0 saturated carbocycles. The van der Waals surface area contributed by atoms with Gasteiger partial charge in [0.15, 0.2) is 11.5 Å². The number of fused-ring (bicyclic) bond motifs is 2. The number of hydrogen-bond acceptors (Lipinski definition) is 4. The zero-order valence-electron chi connectivity index (χ0n) is 13.9. The Labute approximate surface area is 155 Å². The summed E-state index contributed by atoms with van der Waals surface area (Å²) < 4.78 is 13.3. The molecule has 0 bridgehead atoms. The number of benzene rings is 2. The van der Waals surface area contributed by atoms with Crippen molar-refractivity contribution >= 4 is 22.5 Å². The zero-order chi connectivity index (χ0) is 18.1. The highest BCUT2D eigenvalue weighted by Gasteiger charge is 2.16. The quantitative estimate of drug-likeness (QED) is 0.693. The van der Waals surface area contributed by atoms with Crippen LogP contribution in [-0.2, 0) is 6.54 Å². The number of nitrogens with zero attached hydrogens (tertiary/aromatic N) is 2. The lowest BCUT2D eigenvalue weighted by molar-refractivity contribution is 0.297. The van der Waals surface area contributed by atoms with Crippen molar-refractivity contribution in [1.29, 1.82) is 5.26 Å². The second-order valence-corrected chi connectivity index (χ2v) is 6.49. The Morgan fingerprint density at radius 1 is 1.19 bits per heavy atom. The normalized spacial score (nSPS) is 13.2. The molecule has 4 rings (SSSR count).